The Morgan fingerprint density at radius 1 is 1.36 bits per heavy atom. The Kier molecular flexibility index (Phi) is 5.41. The van der Waals surface area contributed by atoms with E-state index in [1.165, 1.54) is 16.7 Å². The van der Waals surface area contributed by atoms with Crippen molar-refractivity contribution in [3.8, 4) is 17.2 Å². The van der Waals surface area contributed by atoms with Gasteiger partial charge in [-0.05, 0) is 41.8 Å². The molecule has 0 atom stereocenters. The van der Waals surface area contributed by atoms with Gasteiger partial charge in [0.25, 0.3) is 0 Å². The van der Waals surface area contributed by atoms with Crippen molar-refractivity contribution in [2.75, 3.05) is 7.11 Å². The number of methoxy groups -OCH3 is 1. The lowest BCUT2D eigenvalue weighted by Crippen LogP contribution is -2.21. The Balaban J connectivity index is 2.24. The molecule has 142 valence electrons. The van der Waals surface area contributed by atoms with E-state index in [2.05, 4.69) is 0 Å². The highest BCUT2D eigenvalue weighted by molar-refractivity contribution is 5.88. The lowest BCUT2D eigenvalue weighted by Gasteiger charge is -2.18. The molecule has 2 N–H and O–H groups in total. The zero-order valence-electron chi connectivity index (χ0n) is 15.2. The average molecular weight is 379 g/mol. The number of nitrogens with zero attached hydrogens (tertiary/aromatic N) is 2. The molecule has 0 saturated carbocycles. The Morgan fingerprint density at radius 2 is 2.14 bits per heavy atom. The van der Waals surface area contributed by atoms with Gasteiger partial charge in [0.15, 0.2) is 6.29 Å². The van der Waals surface area contributed by atoms with E-state index in [1.54, 1.807) is 25.3 Å². The van der Waals surface area contributed by atoms with Crippen molar-refractivity contribution in [3.05, 3.63) is 64.9 Å². The molecule has 0 fully saturated rings. The maximum Gasteiger partial charge on any atom is 0.237 e. The van der Waals surface area contributed by atoms with E-state index in [4.69, 9.17) is 15.7 Å². The molecule has 1 amide bonds. The van der Waals surface area contributed by atoms with E-state index in [0.717, 1.165) is 11.3 Å². The van der Waals surface area contributed by atoms with Gasteiger partial charge in [-0.15, -0.1) is 0 Å². The molecule has 0 saturated heterocycles. The van der Waals surface area contributed by atoms with Crippen LogP contribution in [-0.4, -0.2) is 23.9 Å². The number of ether oxygens (including phenoxy) is 1. The molecular weight excluding hydrogens is 361 g/mol. The number of carbonyl (C=O) groups excluding carboxylic acids is 2. The molecule has 1 aliphatic rings. The van der Waals surface area contributed by atoms with Crippen LogP contribution < -0.4 is 5.73 Å². The predicted octanol–water partition coefficient (Wildman–Crippen LogP) is 3.17. The van der Waals surface area contributed by atoms with Crippen LogP contribution in [0.5, 0.6) is 0 Å². The largest absolute Gasteiger partial charge is 0.501 e. The van der Waals surface area contributed by atoms with Crippen LogP contribution in [-0.2, 0) is 16.1 Å². The van der Waals surface area contributed by atoms with Crippen LogP contribution in [0.15, 0.2) is 42.2 Å². The topological polar surface area (TPSA) is 98.1 Å². The summed E-state index contributed by atoms with van der Waals surface area (Å²) in [5.74, 6) is -0.430. The van der Waals surface area contributed by atoms with Crippen molar-refractivity contribution in [2.24, 2.45) is 5.73 Å². The second kappa shape index (κ2) is 7.92. The zero-order valence-corrected chi connectivity index (χ0v) is 15.2. The third-order valence-electron chi connectivity index (χ3n) is 4.64. The fraction of sp³-hybridized carbons (Fsp3) is 0.190. The Bertz CT molecular complexity index is 1060. The van der Waals surface area contributed by atoms with Gasteiger partial charge in [0, 0.05) is 12.0 Å². The summed E-state index contributed by atoms with van der Waals surface area (Å²) in [5.41, 5.74) is 8.15. The third kappa shape index (κ3) is 3.58. The summed E-state index contributed by atoms with van der Waals surface area (Å²) in [6.45, 7) is -0.180. The molecule has 0 unspecified atom stereocenters. The lowest BCUT2D eigenvalue weighted by molar-refractivity contribution is -0.118. The normalized spacial score (nSPS) is 13.3. The highest BCUT2D eigenvalue weighted by Gasteiger charge is 2.22. The van der Waals surface area contributed by atoms with Gasteiger partial charge >= 0.3 is 0 Å². The monoisotopic (exact) mass is 379 g/mol. The summed E-state index contributed by atoms with van der Waals surface area (Å²) in [4.78, 5) is 23.2. The zero-order chi connectivity index (χ0) is 20.3. The summed E-state index contributed by atoms with van der Waals surface area (Å²) >= 11 is 0. The number of carbonyl (C=O) groups is 2. The van der Waals surface area contributed by atoms with Crippen molar-refractivity contribution >= 4 is 17.8 Å². The molecule has 28 heavy (non-hydrogen) atoms. The van der Waals surface area contributed by atoms with Gasteiger partial charge in [0.1, 0.15) is 18.4 Å². The molecule has 0 radical (unpaired) electrons. The minimum Gasteiger partial charge on any atom is -0.501 e. The van der Waals surface area contributed by atoms with E-state index in [1.807, 2.05) is 12.2 Å². The van der Waals surface area contributed by atoms with Gasteiger partial charge in [0.2, 0.25) is 5.91 Å². The molecule has 3 rings (SSSR count). The number of hydrogen-bond acceptors (Lipinski definition) is 4. The van der Waals surface area contributed by atoms with Crippen molar-refractivity contribution in [3.63, 3.8) is 0 Å². The maximum absolute atomic E-state index is 14.2. The fourth-order valence-corrected chi connectivity index (χ4v) is 3.32. The number of halogens is 1. The van der Waals surface area contributed by atoms with Gasteiger partial charge in [-0.3, -0.25) is 9.59 Å². The second-order valence-electron chi connectivity index (χ2n) is 6.34. The van der Waals surface area contributed by atoms with Crippen LogP contribution in [0.1, 0.15) is 34.6 Å². The van der Waals surface area contributed by atoms with Gasteiger partial charge in [0.05, 0.1) is 29.8 Å². The van der Waals surface area contributed by atoms with E-state index >= 15 is 0 Å². The van der Waals surface area contributed by atoms with Crippen LogP contribution in [0.4, 0.5) is 4.39 Å². The van der Waals surface area contributed by atoms with E-state index in [0.29, 0.717) is 35.9 Å². The molecule has 2 aromatic rings. The second-order valence-corrected chi connectivity index (χ2v) is 6.34. The van der Waals surface area contributed by atoms with Crippen LogP contribution in [0.25, 0.3) is 16.7 Å². The van der Waals surface area contributed by atoms with E-state index in [9.17, 15) is 14.0 Å². The number of rotatable bonds is 6. The van der Waals surface area contributed by atoms with Crippen LogP contribution >= 0.6 is 0 Å². The van der Waals surface area contributed by atoms with Gasteiger partial charge in [-0.2, -0.15) is 5.26 Å². The Labute approximate surface area is 161 Å². The highest BCUT2D eigenvalue weighted by atomic mass is 19.1. The number of aromatic nitrogens is 1. The summed E-state index contributed by atoms with van der Waals surface area (Å²) in [6, 6.07) is 7.64. The minimum atomic E-state index is -0.652. The maximum atomic E-state index is 14.2. The molecular formula is C21H18FN3O3. The van der Waals surface area contributed by atoms with Gasteiger partial charge < -0.3 is 15.0 Å². The first kappa shape index (κ1) is 19.1. The molecule has 0 aliphatic heterocycles. The number of nitriles is 1. The number of amides is 1. The number of nitrogens with two attached hydrogens (primary N) is 1. The number of aldehydes is 1. The Morgan fingerprint density at radius 3 is 2.68 bits per heavy atom. The van der Waals surface area contributed by atoms with E-state index < -0.39 is 11.7 Å². The van der Waals surface area contributed by atoms with Gasteiger partial charge in [-0.25, -0.2) is 4.39 Å². The molecule has 0 spiro atoms. The highest BCUT2D eigenvalue weighted by Crippen LogP contribution is 2.37. The quantitative estimate of drug-likeness (QED) is 0.780. The van der Waals surface area contributed by atoms with Crippen molar-refractivity contribution in [1.82, 2.24) is 4.57 Å². The molecule has 1 heterocycles. The first-order valence-electron chi connectivity index (χ1n) is 8.59. The third-order valence-corrected chi connectivity index (χ3v) is 4.64. The van der Waals surface area contributed by atoms with Crippen molar-refractivity contribution < 1.29 is 18.7 Å². The number of hydrogen-bond donors (Lipinski definition) is 1. The molecule has 7 heteroatoms. The summed E-state index contributed by atoms with van der Waals surface area (Å²) in [5, 5.41) is 8.95. The molecule has 0 bridgehead atoms. The number of benzene rings is 1. The SMILES string of the molecule is COC1=CC=C(c2c(-c3ccc(C#N)c(F)c3)cc(C=O)n2CC(N)=O)CC1. The first-order chi connectivity index (χ1) is 13.5. The molecule has 6 nitrogen and oxygen atoms in total. The lowest BCUT2D eigenvalue weighted by atomic mass is 9.94. The molecule has 1 aliphatic carbocycles. The summed E-state index contributed by atoms with van der Waals surface area (Å²) in [6.07, 6.45) is 5.58. The summed E-state index contributed by atoms with van der Waals surface area (Å²) < 4.78 is 21.0. The standard InChI is InChI=1S/C21H18FN3O3/c1-28-17-6-4-13(5-7-17)21-18(9-16(12-26)25(21)11-20(24)27)14-2-3-15(10-23)19(22)8-14/h2-4,6,8-9,12H,5,7,11H2,1H3,(H2,24,27). The smallest absolute Gasteiger partial charge is 0.237 e. The first-order valence-corrected chi connectivity index (χ1v) is 8.59. The van der Waals surface area contributed by atoms with Crippen LogP contribution in [0.2, 0.25) is 0 Å². The van der Waals surface area contributed by atoms with Crippen molar-refractivity contribution in [2.45, 2.75) is 19.4 Å². The number of allylic oxidation sites excluding steroid dienone is 4. The molecule has 1 aromatic carbocycles. The predicted molar refractivity (Wildman–Crippen MR) is 101 cm³/mol. The minimum absolute atomic E-state index is 0.0676. The van der Waals surface area contributed by atoms with Crippen LogP contribution in [0.3, 0.4) is 0 Å². The molecule has 1 aromatic heterocycles. The Hall–Kier alpha value is -3.66. The fourth-order valence-electron chi connectivity index (χ4n) is 3.32. The number of primary amides is 1. The average Bonchev–Trinajstić information content (AvgIpc) is 3.05. The van der Waals surface area contributed by atoms with Crippen LogP contribution in [0, 0.1) is 17.1 Å². The van der Waals surface area contributed by atoms with Gasteiger partial charge in [-0.1, -0.05) is 12.1 Å². The van der Waals surface area contributed by atoms with Crippen molar-refractivity contribution in [1.29, 1.82) is 5.26 Å². The summed E-state index contributed by atoms with van der Waals surface area (Å²) in [7, 11) is 1.59. The van der Waals surface area contributed by atoms with E-state index in [-0.39, 0.29) is 17.8 Å².